The van der Waals surface area contributed by atoms with Gasteiger partial charge in [-0.3, -0.25) is 4.79 Å². The summed E-state index contributed by atoms with van der Waals surface area (Å²) in [5, 5.41) is 0. The average Bonchev–Trinajstić information content (AvgIpc) is 2.13. The van der Waals surface area contributed by atoms with Gasteiger partial charge >= 0.3 is 0 Å². The van der Waals surface area contributed by atoms with Crippen LogP contribution in [0, 0.1) is 16.7 Å². The Labute approximate surface area is 68.2 Å². The van der Waals surface area contributed by atoms with Crippen LogP contribution in [0.2, 0.25) is 0 Å². The summed E-state index contributed by atoms with van der Waals surface area (Å²) in [6, 6.07) is 0. The SMILES string of the molecule is CC1(C)[C@H]2CC[C@]1(C)CC2=O. The van der Waals surface area contributed by atoms with Gasteiger partial charge in [0, 0.05) is 12.3 Å². The van der Waals surface area contributed by atoms with Crippen molar-refractivity contribution >= 4 is 5.78 Å². The molecule has 0 spiro atoms. The molecule has 2 atom stereocenters. The van der Waals surface area contributed by atoms with Crippen LogP contribution in [0.3, 0.4) is 0 Å². The molecular weight excluding hydrogens is 136 g/mol. The fourth-order valence-corrected chi connectivity index (χ4v) is 2.95. The highest BCUT2D eigenvalue weighted by Gasteiger charge is 2.60. The van der Waals surface area contributed by atoms with Crippen LogP contribution in [0.1, 0.15) is 40.0 Å². The topological polar surface area (TPSA) is 17.1 Å². The molecule has 0 aliphatic heterocycles. The lowest BCUT2D eigenvalue weighted by molar-refractivity contribution is -0.122. The highest BCUT2D eigenvalue weighted by atomic mass is 16.1. The summed E-state index contributed by atoms with van der Waals surface area (Å²) >= 11 is 0. The lowest BCUT2D eigenvalue weighted by Crippen LogP contribution is -2.26. The third kappa shape index (κ3) is 0.646. The standard InChI is InChI=1S/C10H16O/c1-9(2)7-4-5-10(9,3)6-8(7)11/h7H,4-6H2,1-3H3/t7-,10+/m0/s1. The summed E-state index contributed by atoms with van der Waals surface area (Å²) in [6.45, 7) is 6.79. The van der Waals surface area contributed by atoms with Crippen molar-refractivity contribution in [1.82, 2.24) is 0 Å². The zero-order valence-corrected chi connectivity index (χ0v) is 7.61. The van der Waals surface area contributed by atoms with Crippen molar-refractivity contribution in [2.24, 2.45) is 16.7 Å². The molecule has 0 radical (unpaired) electrons. The molecule has 0 heterocycles. The van der Waals surface area contributed by atoms with Crippen LogP contribution in [0.15, 0.2) is 0 Å². The first-order valence-electron chi connectivity index (χ1n) is 4.50. The minimum atomic E-state index is 0.282. The van der Waals surface area contributed by atoms with E-state index < -0.39 is 0 Å². The summed E-state index contributed by atoms with van der Waals surface area (Å²) in [5.41, 5.74) is 0.610. The number of ketones is 1. The Kier molecular flexibility index (Phi) is 1.13. The van der Waals surface area contributed by atoms with E-state index in [0.717, 1.165) is 12.8 Å². The van der Waals surface area contributed by atoms with E-state index in [1.807, 2.05) is 0 Å². The first-order chi connectivity index (χ1) is 4.97. The number of hydrogen-bond donors (Lipinski definition) is 0. The predicted octanol–water partition coefficient (Wildman–Crippen LogP) is 2.40. The van der Waals surface area contributed by atoms with Gasteiger partial charge in [-0.05, 0) is 23.7 Å². The van der Waals surface area contributed by atoms with Gasteiger partial charge in [-0.25, -0.2) is 0 Å². The zero-order chi connectivity index (χ0) is 8.28. The van der Waals surface area contributed by atoms with Gasteiger partial charge < -0.3 is 0 Å². The van der Waals surface area contributed by atoms with E-state index in [1.54, 1.807) is 0 Å². The highest BCUT2D eigenvalue weighted by molar-refractivity contribution is 5.86. The van der Waals surface area contributed by atoms with Gasteiger partial charge in [0.15, 0.2) is 0 Å². The Balaban J connectivity index is 2.45. The van der Waals surface area contributed by atoms with Gasteiger partial charge in [-0.1, -0.05) is 20.8 Å². The van der Waals surface area contributed by atoms with E-state index in [0.29, 0.717) is 17.1 Å². The lowest BCUT2D eigenvalue weighted by Gasteiger charge is -2.33. The van der Waals surface area contributed by atoms with Gasteiger partial charge in [-0.15, -0.1) is 0 Å². The molecule has 0 saturated heterocycles. The average molecular weight is 152 g/mol. The predicted molar refractivity (Wildman–Crippen MR) is 44.2 cm³/mol. The molecule has 0 unspecified atom stereocenters. The molecule has 0 aromatic rings. The van der Waals surface area contributed by atoms with Gasteiger partial charge in [0.05, 0.1) is 0 Å². The van der Waals surface area contributed by atoms with E-state index in [9.17, 15) is 4.79 Å². The molecule has 0 amide bonds. The highest BCUT2D eigenvalue weighted by Crippen LogP contribution is 2.63. The Morgan fingerprint density at radius 1 is 1.36 bits per heavy atom. The molecule has 2 aliphatic carbocycles. The smallest absolute Gasteiger partial charge is 0.137 e. The van der Waals surface area contributed by atoms with Crippen molar-refractivity contribution in [2.45, 2.75) is 40.0 Å². The third-order valence-electron chi connectivity index (χ3n) is 4.36. The largest absolute Gasteiger partial charge is 0.299 e. The van der Waals surface area contributed by atoms with Gasteiger partial charge in [-0.2, -0.15) is 0 Å². The minimum absolute atomic E-state index is 0.282. The second kappa shape index (κ2) is 1.70. The second-order valence-corrected chi connectivity index (χ2v) is 5.02. The summed E-state index contributed by atoms with van der Waals surface area (Å²) in [5.74, 6) is 0.899. The van der Waals surface area contributed by atoms with E-state index >= 15 is 0 Å². The normalized spacial score (nSPS) is 46.8. The fraction of sp³-hybridized carbons (Fsp3) is 0.900. The molecule has 0 aromatic heterocycles. The van der Waals surface area contributed by atoms with Crippen molar-refractivity contribution in [3.63, 3.8) is 0 Å². The first-order valence-corrected chi connectivity index (χ1v) is 4.50. The number of carbonyl (C=O) groups excluding carboxylic acids is 1. The Morgan fingerprint density at radius 3 is 2.18 bits per heavy atom. The molecule has 1 nitrogen and oxygen atoms in total. The van der Waals surface area contributed by atoms with Crippen LogP contribution in [0.25, 0.3) is 0 Å². The van der Waals surface area contributed by atoms with Gasteiger partial charge in [0.2, 0.25) is 0 Å². The monoisotopic (exact) mass is 152 g/mol. The number of hydrogen-bond acceptors (Lipinski definition) is 1. The maximum atomic E-state index is 11.5. The first kappa shape index (κ1) is 7.33. The van der Waals surface area contributed by atoms with Crippen LogP contribution in [-0.4, -0.2) is 5.78 Å². The molecule has 1 heteroatoms. The molecule has 0 aromatic carbocycles. The van der Waals surface area contributed by atoms with Crippen LogP contribution in [0.4, 0.5) is 0 Å². The molecular formula is C10H16O. The molecule has 62 valence electrons. The van der Waals surface area contributed by atoms with Gasteiger partial charge in [0.1, 0.15) is 5.78 Å². The van der Waals surface area contributed by atoms with E-state index in [2.05, 4.69) is 20.8 Å². The van der Waals surface area contributed by atoms with Crippen molar-refractivity contribution in [1.29, 1.82) is 0 Å². The fourth-order valence-electron chi connectivity index (χ4n) is 2.95. The molecule has 2 saturated carbocycles. The quantitative estimate of drug-likeness (QED) is 0.521. The molecule has 11 heavy (non-hydrogen) atoms. The van der Waals surface area contributed by atoms with Crippen LogP contribution >= 0.6 is 0 Å². The van der Waals surface area contributed by atoms with Crippen molar-refractivity contribution in [3.8, 4) is 0 Å². The molecule has 2 bridgehead atoms. The summed E-state index contributed by atoms with van der Waals surface area (Å²) in [4.78, 5) is 11.5. The van der Waals surface area contributed by atoms with E-state index in [1.165, 1.54) is 6.42 Å². The van der Waals surface area contributed by atoms with Crippen LogP contribution < -0.4 is 0 Å². The molecule has 2 aliphatic rings. The van der Waals surface area contributed by atoms with Crippen LogP contribution in [0.5, 0.6) is 0 Å². The minimum Gasteiger partial charge on any atom is -0.299 e. The Bertz CT molecular complexity index is 214. The summed E-state index contributed by atoms with van der Waals surface area (Å²) in [6.07, 6.45) is 3.24. The van der Waals surface area contributed by atoms with E-state index in [4.69, 9.17) is 0 Å². The van der Waals surface area contributed by atoms with Gasteiger partial charge in [0.25, 0.3) is 0 Å². The number of carbonyl (C=O) groups is 1. The van der Waals surface area contributed by atoms with Crippen molar-refractivity contribution in [2.75, 3.05) is 0 Å². The van der Waals surface area contributed by atoms with Crippen molar-refractivity contribution < 1.29 is 4.79 Å². The second-order valence-electron chi connectivity index (χ2n) is 5.02. The molecule has 0 N–H and O–H groups in total. The van der Waals surface area contributed by atoms with E-state index in [-0.39, 0.29) is 5.41 Å². The summed E-state index contributed by atoms with van der Waals surface area (Å²) in [7, 11) is 0. The Hall–Kier alpha value is -0.330. The maximum absolute atomic E-state index is 11.5. The lowest BCUT2D eigenvalue weighted by atomic mass is 9.71. The number of rotatable bonds is 0. The molecule has 2 rings (SSSR count). The maximum Gasteiger partial charge on any atom is 0.137 e. The van der Waals surface area contributed by atoms with Crippen LogP contribution in [-0.2, 0) is 4.79 Å². The summed E-state index contributed by atoms with van der Waals surface area (Å²) < 4.78 is 0. The molecule has 2 fully saturated rings. The number of fused-ring (bicyclic) bond motifs is 2. The van der Waals surface area contributed by atoms with Crippen molar-refractivity contribution in [3.05, 3.63) is 0 Å². The number of Topliss-reactive ketones (excluding diaryl/α,β-unsaturated/α-hetero) is 1. The zero-order valence-electron chi connectivity index (χ0n) is 7.61. The Morgan fingerprint density at radius 2 is 2.00 bits per heavy atom. The third-order valence-corrected chi connectivity index (χ3v) is 4.36.